The molecule has 0 aliphatic heterocycles. The lowest BCUT2D eigenvalue weighted by Gasteiger charge is -2.08. The van der Waals surface area contributed by atoms with E-state index in [0.717, 1.165) is 11.9 Å². The van der Waals surface area contributed by atoms with Crippen molar-refractivity contribution in [3.63, 3.8) is 0 Å². The fourth-order valence-corrected chi connectivity index (χ4v) is 1.70. The van der Waals surface area contributed by atoms with Crippen LogP contribution in [0.4, 0.5) is 0 Å². The molecule has 1 aromatic carbocycles. The first-order chi connectivity index (χ1) is 6.72. The van der Waals surface area contributed by atoms with E-state index in [4.69, 9.17) is 0 Å². The molecule has 1 heterocycles. The summed E-state index contributed by atoms with van der Waals surface area (Å²) < 4.78 is 2.22. The highest BCUT2D eigenvalue weighted by atomic mass is 15.1. The molecular formula is C12H16N2. The maximum absolute atomic E-state index is 4.38. The number of hydrogen-bond acceptors (Lipinski definition) is 1. The van der Waals surface area contributed by atoms with Gasteiger partial charge in [-0.25, -0.2) is 4.98 Å². The summed E-state index contributed by atoms with van der Waals surface area (Å²) in [5.74, 6) is 0. The third-order valence-electron chi connectivity index (χ3n) is 2.60. The van der Waals surface area contributed by atoms with Crippen molar-refractivity contribution in [2.24, 2.45) is 0 Å². The molecule has 2 nitrogen and oxygen atoms in total. The lowest BCUT2D eigenvalue weighted by atomic mass is 10.1. The van der Waals surface area contributed by atoms with Crippen LogP contribution < -0.4 is 0 Å². The van der Waals surface area contributed by atoms with Crippen LogP contribution in [0.5, 0.6) is 0 Å². The summed E-state index contributed by atoms with van der Waals surface area (Å²) in [5, 5.41) is 0. The molecular weight excluding hydrogens is 172 g/mol. The summed E-state index contributed by atoms with van der Waals surface area (Å²) >= 11 is 0. The molecule has 2 aromatic rings. The van der Waals surface area contributed by atoms with Crippen LogP contribution in [0.25, 0.3) is 11.0 Å². The number of hydrogen-bond donors (Lipinski definition) is 0. The Morgan fingerprint density at radius 3 is 2.79 bits per heavy atom. The number of fused-ring (bicyclic) bond motifs is 1. The van der Waals surface area contributed by atoms with Gasteiger partial charge in [0.25, 0.3) is 0 Å². The van der Waals surface area contributed by atoms with Crippen LogP contribution in [-0.2, 0) is 6.42 Å². The van der Waals surface area contributed by atoms with E-state index in [1.54, 1.807) is 0 Å². The molecule has 0 aliphatic carbocycles. The summed E-state index contributed by atoms with van der Waals surface area (Å²) in [6, 6.07) is 6.97. The van der Waals surface area contributed by atoms with E-state index in [9.17, 15) is 0 Å². The molecule has 0 atom stereocenters. The summed E-state index contributed by atoms with van der Waals surface area (Å²) in [7, 11) is 0. The molecule has 0 radical (unpaired) electrons. The van der Waals surface area contributed by atoms with Crippen molar-refractivity contribution >= 4 is 11.0 Å². The monoisotopic (exact) mass is 188 g/mol. The van der Waals surface area contributed by atoms with Crippen molar-refractivity contribution in [2.45, 2.75) is 33.2 Å². The third-order valence-corrected chi connectivity index (χ3v) is 2.60. The van der Waals surface area contributed by atoms with Gasteiger partial charge in [-0.05, 0) is 38.0 Å². The number of aryl methyl sites for hydroxylation is 1. The highest BCUT2D eigenvalue weighted by Gasteiger charge is 2.05. The van der Waals surface area contributed by atoms with E-state index in [-0.39, 0.29) is 0 Å². The van der Waals surface area contributed by atoms with Gasteiger partial charge in [0.15, 0.2) is 0 Å². The zero-order valence-corrected chi connectivity index (χ0v) is 8.99. The van der Waals surface area contributed by atoms with E-state index in [0.29, 0.717) is 6.04 Å². The van der Waals surface area contributed by atoms with E-state index in [1.165, 1.54) is 11.1 Å². The smallest absolute Gasteiger partial charge is 0.0960 e. The fourth-order valence-electron chi connectivity index (χ4n) is 1.70. The van der Waals surface area contributed by atoms with Crippen LogP contribution in [-0.4, -0.2) is 9.55 Å². The second-order valence-corrected chi connectivity index (χ2v) is 3.92. The molecule has 0 fully saturated rings. The molecule has 0 unspecified atom stereocenters. The Morgan fingerprint density at radius 2 is 2.14 bits per heavy atom. The molecule has 0 spiro atoms. The SMILES string of the molecule is CCc1ccc2ncn(C(C)C)c2c1. The second kappa shape index (κ2) is 3.45. The second-order valence-electron chi connectivity index (χ2n) is 3.92. The summed E-state index contributed by atoms with van der Waals surface area (Å²) in [6.45, 7) is 6.54. The first-order valence-electron chi connectivity index (χ1n) is 5.18. The Kier molecular flexibility index (Phi) is 2.28. The number of imidazole rings is 1. The Labute approximate surface area is 84.6 Å². The minimum absolute atomic E-state index is 0.479. The topological polar surface area (TPSA) is 17.8 Å². The Bertz CT molecular complexity index is 441. The summed E-state index contributed by atoms with van der Waals surface area (Å²) in [4.78, 5) is 4.38. The maximum atomic E-state index is 4.38. The quantitative estimate of drug-likeness (QED) is 0.707. The van der Waals surface area contributed by atoms with E-state index in [1.807, 2.05) is 6.33 Å². The predicted octanol–water partition coefficient (Wildman–Crippen LogP) is 3.18. The normalized spacial score (nSPS) is 11.4. The van der Waals surface area contributed by atoms with Crippen molar-refractivity contribution in [1.29, 1.82) is 0 Å². The molecule has 2 heteroatoms. The van der Waals surface area contributed by atoms with Crippen molar-refractivity contribution < 1.29 is 0 Å². The average Bonchev–Trinajstić information content (AvgIpc) is 2.59. The largest absolute Gasteiger partial charge is 0.328 e. The van der Waals surface area contributed by atoms with Gasteiger partial charge in [0, 0.05) is 6.04 Å². The zero-order chi connectivity index (χ0) is 10.1. The lowest BCUT2D eigenvalue weighted by Crippen LogP contribution is -1.98. The molecule has 0 saturated carbocycles. The van der Waals surface area contributed by atoms with Crippen LogP contribution in [0.3, 0.4) is 0 Å². The number of rotatable bonds is 2. The van der Waals surface area contributed by atoms with Crippen molar-refractivity contribution in [3.05, 3.63) is 30.1 Å². The number of aromatic nitrogens is 2. The van der Waals surface area contributed by atoms with Crippen LogP contribution in [0.2, 0.25) is 0 Å². The highest BCUT2D eigenvalue weighted by Crippen LogP contribution is 2.18. The Hall–Kier alpha value is -1.31. The molecule has 0 amide bonds. The van der Waals surface area contributed by atoms with E-state index in [2.05, 4.69) is 48.5 Å². The van der Waals surface area contributed by atoms with E-state index >= 15 is 0 Å². The average molecular weight is 188 g/mol. The minimum atomic E-state index is 0.479. The van der Waals surface area contributed by atoms with Crippen LogP contribution in [0, 0.1) is 0 Å². The van der Waals surface area contributed by atoms with Gasteiger partial charge >= 0.3 is 0 Å². The first kappa shape index (κ1) is 9.25. The molecule has 0 aliphatic rings. The summed E-state index contributed by atoms with van der Waals surface area (Å²) in [6.07, 6.45) is 3.01. The third kappa shape index (κ3) is 1.41. The fraction of sp³-hybridized carbons (Fsp3) is 0.417. The first-order valence-corrected chi connectivity index (χ1v) is 5.18. The van der Waals surface area contributed by atoms with Crippen LogP contribution >= 0.6 is 0 Å². The van der Waals surface area contributed by atoms with Gasteiger partial charge in [0.1, 0.15) is 0 Å². The van der Waals surface area contributed by atoms with Crippen molar-refractivity contribution in [1.82, 2.24) is 9.55 Å². The molecule has 1 aromatic heterocycles. The molecule has 0 bridgehead atoms. The molecule has 0 saturated heterocycles. The molecule has 14 heavy (non-hydrogen) atoms. The number of benzene rings is 1. The van der Waals surface area contributed by atoms with E-state index < -0.39 is 0 Å². The zero-order valence-electron chi connectivity index (χ0n) is 8.99. The lowest BCUT2D eigenvalue weighted by molar-refractivity contribution is 0.617. The summed E-state index contributed by atoms with van der Waals surface area (Å²) in [5.41, 5.74) is 3.72. The van der Waals surface area contributed by atoms with Gasteiger partial charge in [-0.2, -0.15) is 0 Å². The Morgan fingerprint density at radius 1 is 1.36 bits per heavy atom. The Balaban J connectivity index is 2.63. The number of nitrogens with zero attached hydrogens (tertiary/aromatic N) is 2. The standard InChI is InChI=1S/C12H16N2/c1-4-10-5-6-11-12(7-10)14(8-13-11)9(2)3/h5-9H,4H2,1-3H3. The van der Waals surface area contributed by atoms with Crippen LogP contribution in [0.1, 0.15) is 32.4 Å². The van der Waals surface area contributed by atoms with Gasteiger partial charge < -0.3 is 4.57 Å². The maximum Gasteiger partial charge on any atom is 0.0960 e. The van der Waals surface area contributed by atoms with Gasteiger partial charge in [-0.3, -0.25) is 0 Å². The van der Waals surface area contributed by atoms with Crippen molar-refractivity contribution in [2.75, 3.05) is 0 Å². The van der Waals surface area contributed by atoms with Gasteiger partial charge in [0.05, 0.1) is 17.4 Å². The molecule has 2 rings (SSSR count). The van der Waals surface area contributed by atoms with Gasteiger partial charge in [-0.1, -0.05) is 13.0 Å². The van der Waals surface area contributed by atoms with Gasteiger partial charge in [0.2, 0.25) is 0 Å². The van der Waals surface area contributed by atoms with Crippen LogP contribution in [0.15, 0.2) is 24.5 Å². The highest BCUT2D eigenvalue weighted by molar-refractivity contribution is 5.76. The molecule has 0 N–H and O–H groups in total. The predicted molar refractivity (Wildman–Crippen MR) is 59.5 cm³/mol. The van der Waals surface area contributed by atoms with Gasteiger partial charge in [-0.15, -0.1) is 0 Å². The minimum Gasteiger partial charge on any atom is -0.328 e. The van der Waals surface area contributed by atoms with Crippen molar-refractivity contribution in [3.8, 4) is 0 Å². The molecule has 74 valence electrons.